The Morgan fingerprint density at radius 3 is 2.71 bits per heavy atom. The summed E-state index contributed by atoms with van der Waals surface area (Å²) in [5.74, 6) is 0.0746. The predicted molar refractivity (Wildman–Crippen MR) is 118 cm³/mol. The van der Waals surface area contributed by atoms with Crippen LogP contribution in [0.4, 0.5) is 9.18 Å². The van der Waals surface area contributed by atoms with Gasteiger partial charge in [0.15, 0.2) is 24.7 Å². The lowest BCUT2D eigenvalue weighted by Crippen LogP contribution is -2.52. The smallest absolute Gasteiger partial charge is 0.357 e. The summed E-state index contributed by atoms with van der Waals surface area (Å²) in [6.07, 6.45) is 6.39. The number of alkyl halides is 1. The maximum absolute atomic E-state index is 13.4. The van der Waals surface area contributed by atoms with Crippen molar-refractivity contribution in [3.05, 3.63) is 53.5 Å². The number of nitrogens with one attached hydrogen (secondary N) is 1. The molecular formula is C21H23FN7O5S+. The van der Waals surface area contributed by atoms with Gasteiger partial charge in [0.25, 0.3) is 0 Å². The molecular weight excluding hydrogens is 481 g/mol. The summed E-state index contributed by atoms with van der Waals surface area (Å²) in [6.45, 7) is 0.703. The van der Waals surface area contributed by atoms with Crippen LogP contribution >= 0.6 is 0 Å². The highest BCUT2D eigenvalue weighted by Gasteiger charge is 2.50. The zero-order valence-corrected chi connectivity index (χ0v) is 19.8. The summed E-state index contributed by atoms with van der Waals surface area (Å²) in [5.41, 5.74) is -0.217. The number of sulfonamides is 1. The van der Waals surface area contributed by atoms with E-state index in [9.17, 15) is 22.4 Å². The van der Waals surface area contributed by atoms with E-state index in [2.05, 4.69) is 20.1 Å². The van der Waals surface area contributed by atoms with Gasteiger partial charge >= 0.3 is 11.9 Å². The summed E-state index contributed by atoms with van der Waals surface area (Å²) in [6, 6.07) is 0.975. The lowest BCUT2D eigenvalue weighted by molar-refractivity contribution is -0.455. The molecule has 3 aliphatic rings. The molecule has 184 valence electrons. The molecule has 0 bridgehead atoms. The van der Waals surface area contributed by atoms with E-state index in [0.717, 1.165) is 4.90 Å². The minimum atomic E-state index is -4.02. The minimum absolute atomic E-state index is 0.00775. The van der Waals surface area contributed by atoms with E-state index in [0.29, 0.717) is 30.1 Å². The standard InChI is InChI=1S/C21H23FN7O5S/c1-13-7-14(34-25-13)9-29-19(30)16-8-15(35(32,33)26-21(11-22)5-6-21)3-4-17(16)28(20(29)31)10-18-24-23-12-27(18)2/h3-4,7-8,12,15,26H,5-6,9-11H2,1-2H3/q+1. The van der Waals surface area contributed by atoms with E-state index in [1.807, 2.05) is 0 Å². The number of hydrogen-bond donors (Lipinski definition) is 1. The van der Waals surface area contributed by atoms with Crippen molar-refractivity contribution >= 4 is 27.7 Å². The Morgan fingerprint density at radius 1 is 1.34 bits per heavy atom. The molecule has 3 heterocycles. The van der Waals surface area contributed by atoms with Gasteiger partial charge < -0.3 is 9.09 Å². The molecule has 14 heteroatoms. The molecule has 12 nitrogen and oxygen atoms in total. The molecule has 1 atom stereocenters. The average molecular weight is 505 g/mol. The fourth-order valence-electron chi connectivity index (χ4n) is 3.99. The summed E-state index contributed by atoms with van der Waals surface area (Å²) in [7, 11) is -2.30. The number of amides is 3. The van der Waals surface area contributed by atoms with Crippen molar-refractivity contribution in [1.29, 1.82) is 0 Å². The Labute approximate surface area is 199 Å². The molecule has 0 aromatic carbocycles. The first-order chi connectivity index (χ1) is 16.6. The molecule has 5 rings (SSSR count). The molecule has 1 N–H and O–H groups in total. The normalized spacial score (nSPS) is 21.4. The maximum atomic E-state index is 13.4. The average Bonchev–Trinajstić information content (AvgIpc) is 3.27. The van der Waals surface area contributed by atoms with Crippen molar-refractivity contribution in [2.24, 2.45) is 7.05 Å². The van der Waals surface area contributed by atoms with Crippen LogP contribution in [0, 0.1) is 6.92 Å². The Kier molecular flexibility index (Phi) is 5.51. The quantitative estimate of drug-likeness (QED) is 0.513. The Morgan fingerprint density at radius 2 is 2.11 bits per heavy atom. The summed E-state index contributed by atoms with van der Waals surface area (Å²) in [5, 5.41) is 10.4. The first kappa shape index (κ1) is 23.2. The van der Waals surface area contributed by atoms with Gasteiger partial charge in [-0.2, -0.15) is 9.37 Å². The molecule has 2 aromatic rings. The van der Waals surface area contributed by atoms with Crippen molar-refractivity contribution in [3.8, 4) is 0 Å². The lowest BCUT2D eigenvalue weighted by Gasteiger charge is -2.26. The minimum Gasteiger partial charge on any atom is -0.357 e. The lowest BCUT2D eigenvalue weighted by atomic mass is 9.99. The third-order valence-electron chi connectivity index (χ3n) is 6.20. The van der Waals surface area contributed by atoms with Gasteiger partial charge in [-0.3, -0.25) is 0 Å². The fourth-order valence-corrected chi connectivity index (χ4v) is 5.58. The van der Waals surface area contributed by atoms with Crippen LogP contribution in [0.5, 0.6) is 0 Å². The van der Waals surface area contributed by atoms with E-state index in [4.69, 9.17) is 4.52 Å². The van der Waals surface area contributed by atoms with Crippen molar-refractivity contribution in [2.75, 3.05) is 6.67 Å². The van der Waals surface area contributed by atoms with E-state index in [1.54, 1.807) is 24.6 Å². The molecule has 0 saturated heterocycles. The maximum Gasteiger partial charge on any atom is 0.502 e. The van der Waals surface area contributed by atoms with Crippen LogP contribution in [0.2, 0.25) is 0 Å². The molecule has 1 saturated carbocycles. The topological polar surface area (TPSA) is 143 Å². The van der Waals surface area contributed by atoms with Crippen LogP contribution in [-0.4, -0.2) is 72.9 Å². The molecule has 0 radical (unpaired) electrons. The highest BCUT2D eigenvalue weighted by Crippen LogP contribution is 2.37. The van der Waals surface area contributed by atoms with Crippen LogP contribution in [-0.2, 0) is 35.0 Å². The van der Waals surface area contributed by atoms with E-state index in [1.165, 1.54) is 29.1 Å². The number of allylic oxidation sites excluding steroid dienone is 1. The Balaban J connectivity index is 1.54. The van der Waals surface area contributed by atoms with Gasteiger partial charge in [-0.1, -0.05) is 11.2 Å². The van der Waals surface area contributed by atoms with Crippen LogP contribution in [0.1, 0.15) is 30.1 Å². The largest absolute Gasteiger partial charge is 0.502 e. The number of carbonyl (C=O) groups is 2. The first-order valence-corrected chi connectivity index (χ1v) is 12.4. The summed E-state index contributed by atoms with van der Waals surface area (Å²) >= 11 is 0. The second-order valence-electron chi connectivity index (χ2n) is 8.90. The second kappa shape index (κ2) is 8.30. The van der Waals surface area contributed by atoms with Crippen LogP contribution in [0.25, 0.3) is 0 Å². The van der Waals surface area contributed by atoms with Crippen molar-refractivity contribution < 1.29 is 31.5 Å². The van der Waals surface area contributed by atoms with Crippen molar-refractivity contribution in [3.63, 3.8) is 0 Å². The number of nitrogens with zero attached hydrogens (tertiary/aromatic N) is 6. The van der Waals surface area contributed by atoms with Gasteiger partial charge in [0.2, 0.25) is 10.0 Å². The molecule has 3 amide bonds. The number of aromatic nitrogens is 4. The summed E-state index contributed by atoms with van der Waals surface area (Å²) in [4.78, 5) is 27.8. The number of hydrogen-bond acceptors (Lipinski definition) is 8. The molecule has 2 aliphatic carbocycles. The predicted octanol–water partition coefficient (Wildman–Crippen LogP) is 0.514. The Hall–Kier alpha value is -3.52. The zero-order valence-electron chi connectivity index (χ0n) is 19.0. The monoisotopic (exact) mass is 504 g/mol. The molecule has 35 heavy (non-hydrogen) atoms. The van der Waals surface area contributed by atoms with Gasteiger partial charge in [0.1, 0.15) is 29.5 Å². The zero-order chi connectivity index (χ0) is 25.0. The second-order valence-corrected chi connectivity index (χ2v) is 10.7. The number of rotatable bonds is 8. The van der Waals surface area contributed by atoms with Gasteiger partial charge in [-0.05, 0) is 31.9 Å². The highest BCUT2D eigenvalue weighted by atomic mass is 32.2. The van der Waals surface area contributed by atoms with Gasteiger partial charge in [-0.25, -0.2) is 22.3 Å². The van der Waals surface area contributed by atoms with Crippen molar-refractivity contribution in [2.45, 2.75) is 43.6 Å². The number of carbonyl (C=O) groups excluding carboxylic acids is 2. The van der Waals surface area contributed by atoms with Gasteiger partial charge in [0.05, 0.1) is 11.2 Å². The van der Waals surface area contributed by atoms with Gasteiger partial charge in [-0.15, -0.1) is 15.1 Å². The molecule has 2 aromatic heterocycles. The van der Waals surface area contributed by atoms with E-state index >= 15 is 0 Å². The molecule has 1 aliphatic heterocycles. The third kappa shape index (κ3) is 4.23. The molecule has 1 unspecified atom stereocenters. The number of aryl methyl sites for hydroxylation is 2. The van der Waals surface area contributed by atoms with Gasteiger partial charge in [0, 0.05) is 13.1 Å². The number of fused-ring (bicyclic) bond motifs is 1. The number of imide groups is 1. The highest BCUT2D eigenvalue weighted by molar-refractivity contribution is 7.90. The first-order valence-electron chi connectivity index (χ1n) is 10.9. The van der Waals surface area contributed by atoms with Crippen LogP contribution < -0.4 is 4.72 Å². The fraction of sp³-hybridized carbons (Fsp3) is 0.429. The molecule has 0 spiro atoms. The third-order valence-corrected chi connectivity index (χ3v) is 7.93. The van der Waals surface area contributed by atoms with E-state index in [-0.39, 0.29) is 24.4 Å². The van der Waals surface area contributed by atoms with Crippen LogP contribution in [0.15, 0.2) is 40.7 Å². The number of urea groups is 1. The van der Waals surface area contributed by atoms with Crippen LogP contribution in [0.3, 0.4) is 0 Å². The molecule has 1 fully saturated rings. The Bertz CT molecular complexity index is 1420. The van der Waals surface area contributed by atoms with E-state index < -0.39 is 39.4 Å². The summed E-state index contributed by atoms with van der Waals surface area (Å²) < 4.78 is 49.9. The number of halogens is 1. The SMILES string of the molecule is Cc1cc(CN2C(=O)C3=CC(S(=O)(=O)NC4(CF)CC4)C=CC3=[N+](Cc3nncn3C)C2=O)on1. The van der Waals surface area contributed by atoms with Crippen molar-refractivity contribution in [1.82, 2.24) is 29.5 Å².